The first kappa shape index (κ1) is 13.4. The fourth-order valence-electron chi connectivity index (χ4n) is 2.06. The molecule has 0 aliphatic rings. The predicted molar refractivity (Wildman–Crippen MR) is 76.2 cm³/mol. The van der Waals surface area contributed by atoms with Crippen LogP contribution in [0.1, 0.15) is 24.2 Å². The summed E-state index contributed by atoms with van der Waals surface area (Å²) >= 11 is 0. The number of ether oxygens (including phenoxy) is 2. The molecule has 0 N–H and O–H groups in total. The van der Waals surface area contributed by atoms with Crippen molar-refractivity contribution in [3.63, 3.8) is 0 Å². The van der Waals surface area contributed by atoms with Gasteiger partial charge >= 0.3 is 0 Å². The second-order valence-electron chi connectivity index (χ2n) is 4.79. The van der Waals surface area contributed by atoms with Gasteiger partial charge in [-0.15, -0.1) is 0 Å². The molecule has 100 valence electrons. The van der Waals surface area contributed by atoms with Gasteiger partial charge in [0.1, 0.15) is 0 Å². The van der Waals surface area contributed by atoms with Gasteiger partial charge in [-0.2, -0.15) is 0 Å². The van der Waals surface area contributed by atoms with Crippen LogP contribution < -0.4 is 9.47 Å². The van der Waals surface area contributed by atoms with Gasteiger partial charge in [0.2, 0.25) is 0 Å². The molecule has 2 aromatic carbocycles. The minimum atomic E-state index is -0.00223. The van der Waals surface area contributed by atoms with E-state index in [1.165, 1.54) is 0 Å². The molecule has 0 unspecified atom stereocenters. The van der Waals surface area contributed by atoms with E-state index in [0.29, 0.717) is 11.5 Å². The quantitative estimate of drug-likeness (QED) is 0.784. The molecule has 2 aromatic rings. The molecule has 2 rings (SSSR count). The van der Waals surface area contributed by atoms with Crippen LogP contribution in [0.3, 0.4) is 0 Å². The summed E-state index contributed by atoms with van der Waals surface area (Å²) in [6.45, 7) is 3.81. The van der Waals surface area contributed by atoms with Gasteiger partial charge in [0.25, 0.3) is 0 Å². The second kappa shape index (κ2) is 5.31. The summed E-state index contributed by atoms with van der Waals surface area (Å²) in [5, 5.41) is 2.00. The Balaban J connectivity index is 2.57. The minimum absolute atomic E-state index is 0.00223. The van der Waals surface area contributed by atoms with Crippen LogP contribution in [0.2, 0.25) is 0 Å². The van der Waals surface area contributed by atoms with Gasteiger partial charge in [0.05, 0.1) is 14.2 Å². The molecule has 19 heavy (non-hydrogen) atoms. The Hall–Kier alpha value is -2.03. The molecule has 0 aliphatic heterocycles. The SMILES string of the molecule is COc1cc2ccc(C(=O)C(C)C)cc2cc1OC. The Labute approximate surface area is 113 Å². The smallest absolute Gasteiger partial charge is 0.165 e. The van der Waals surface area contributed by atoms with Gasteiger partial charge in [-0.25, -0.2) is 0 Å². The summed E-state index contributed by atoms with van der Waals surface area (Å²) in [6, 6.07) is 9.51. The van der Waals surface area contributed by atoms with Gasteiger partial charge < -0.3 is 9.47 Å². The lowest BCUT2D eigenvalue weighted by Gasteiger charge is -2.10. The van der Waals surface area contributed by atoms with Crippen molar-refractivity contribution in [2.75, 3.05) is 14.2 Å². The van der Waals surface area contributed by atoms with E-state index in [9.17, 15) is 4.79 Å². The molecule has 0 heterocycles. The predicted octanol–water partition coefficient (Wildman–Crippen LogP) is 3.70. The summed E-state index contributed by atoms with van der Waals surface area (Å²) in [5.74, 6) is 1.51. The fourth-order valence-corrected chi connectivity index (χ4v) is 2.06. The number of hydrogen-bond donors (Lipinski definition) is 0. The summed E-state index contributed by atoms with van der Waals surface area (Å²) in [7, 11) is 3.22. The van der Waals surface area contributed by atoms with E-state index in [2.05, 4.69) is 0 Å². The lowest BCUT2D eigenvalue weighted by molar-refractivity contribution is 0.0939. The van der Waals surface area contributed by atoms with Crippen LogP contribution in [-0.2, 0) is 0 Å². The van der Waals surface area contributed by atoms with Crippen LogP contribution in [0.15, 0.2) is 30.3 Å². The largest absolute Gasteiger partial charge is 0.493 e. The monoisotopic (exact) mass is 258 g/mol. The Morgan fingerprint density at radius 2 is 1.53 bits per heavy atom. The highest BCUT2D eigenvalue weighted by atomic mass is 16.5. The molecule has 0 bridgehead atoms. The van der Waals surface area contributed by atoms with Gasteiger partial charge in [-0.05, 0) is 29.0 Å². The lowest BCUT2D eigenvalue weighted by atomic mass is 9.98. The normalized spacial score (nSPS) is 10.8. The van der Waals surface area contributed by atoms with Crippen molar-refractivity contribution < 1.29 is 14.3 Å². The van der Waals surface area contributed by atoms with E-state index in [1.54, 1.807) is 14.2 Å². The van der Waals surface area contributed by atoms with E-state index < -0.39 is 0 Å². The molecule has 0 aliphatic carbocycles. The van der Waals surface area contributed by atoms with Gasteiger partial charge in [0.15, 0.2) is 17.3 Å². The maximum atomic E-state index is 12.0. The highest BCUT2D eigenvalue weighted by molar-refractivity contribution is 6.01. The molecule has 0 saturated heterocycles. The highest BCUT2D eigenvalue weighted by Gasteiger charge is 2.12. The van der Waals surface area contributed by atoms with E-state index in [0.717, 1.165) is 16.3 Å². The summed E-state index contributed by atoms with van der Waals surface area (Å²) in [6.07, 6.45) is 0. The molecule has 0 amide bonds. The first-order valence-electron chi connectivity index (χ1n) is 6.26. The Morgan fingerprint density at radius 1 is 0.947 bits per heavy atom. The average molecular weight is 258 g/mol. The number of carbonyl (C=O) groups excluding carboxylic acids is 1. The average Bonchev–Trinajstić information content (AvgIpc) is 2.44. The Kier molecular flexibility index (Phi) is 3.74. The molecule has 0 spiro atoms. The van der Waals surface area contributed by atoms with Crippen LogP contribution >= 0.6 is 0 Å². The van der Waals surface area contributed by atoms with Crippen molar-refractivity contribution in [1.82, 2.24) is 0 Å². The number of Topliss-reactive ketones (excluding diaryl/α,β-unsaturated/α-hetero) is 1. The van der Waals surface area contributed by atoms with Crippen molar-refractivity contribution in [2.45, 2.75) is 13.8 Å². The number of fused-ring (bicyclic) bond motifs is 1. The first-order chi connectivity index (χ1) is 9.06. The third-order valence-corrected chi connectivity index (χ3v) is 3.15. The standard InChI is InChI=1S/C16H18O3/c1-10(2)16(17)12-6-5-11-8-14(18-3)15(19-4)9-13(11)7-12/h5-10H,1-4H3. The second-order valence-corrected chi connectivity index (χ2v) is 4.79. The van der Waals surface area contributed by atoms with Crippen LogP contribution in [-0.4, -0.2) is 20.0 Å². The zero-order chi connectivity index (χ0) is 14.0. The van der Waals surface area contributed by atoms with Gasteiger partial charge in [0, 0.05) is 11.5 Å². The van der Waals surface area contributed by atoms with E-state index in [4.69, 9.17) is 9.47 Å². The van der Waals surface area contributed by atoms with E-state index >= 15 is 0 Å². The van der Waals surface area contributed by atoms with E-state index in [-0.39, 0.29) is 11.7 Å². The molecule has 3 nitrogen and oxygen atoms in total. The molecular formula is C16H18O3. The van der Waals surface area contributed by atoms with Crippen LogP contribution in [0.25, 0.3) is 10.8 Å². The van der Waals surface area contributed by atoms with Crippen molar-refractivity contribution >= 4 is 16.6 Å². The Morgan fingerprint density at radius 3 is 2.05 bits per heavy atom. The zero-order valence-electron chi connectivity index (χ0n) is 11.7. The number of benzene rings is 2. The first-order valence-corrected chi connectivity index (χ1v) is 6.26. The molecule has 0 saturated carbocycles. The van der Waals surface area contributed by atoms with Crippen LogP contribution in [0.5, 0.6) is 11.5 Å². The molecule has 0 aromatic heterocycles. The summed E-state index contributed by atoms with van der Waals surface area (Å²) in [5.41, 5.74) is 0.731. The fraction of sp³-hybridized carbons (Fsp3) is 0.312. The summed E-state index contributed by atoms with van der Waals surface area (Å²) in [4.78, 5) is 12.0. The minimum Gasteiger partial charge on any atom is -0.493 e. The van der Waals surface area contributed by atoms with E-state index in [1.807, 2.05) is 44.2 Å². The highest BCUT2D eigenvalue weighted by Crippen LogP contribution is 2.32. The number of carbonyl (C=O) groups is 1. The molecule has 3 heteroatoms. The van der Waals surface area contributed by atoms with Crippen molar-refractivity contribution in [3.05, 3.63) is 35.9 Å². The maximum Gasteiger partial charge on any atom is 0.165 e. The number of rotatable bonds is 4. The van der Waals surface area contributed by atoms with Crippen molar-refractivity contribution in [1.29, 1.82) is 0 Å². The molecule has 0 fully saturated rings. The van der Waals surface area contributed by atoms with Gasteiger partial charge in [-0.1, -0.05) is 26.0 Å². The molecular weight excluding hydrogens is 240 g/mol. The number of methoxy groups -OCH3 is 2. The van der Waals surface area contributed by atoms with Crippen LogP contribution in [0, 0.1) is 5.92 Å². The summed E-state index contributed by atoms with van der Waals surface area (Å²) < 4.78 is 10.6. The number of hydrogen-bond acceptors (Lipinski definition) is 3. The lowest BCUT2D eigenvalue weighted by Crippen LogP contribution is -2.07. The number of ketones is 1. The zero-order valence-corrected chi connectivity index (χ0v) is 11.7. The third kappa shape index (κ3) is 2.55. The molecule has 0 atom stereocenters. The van der Waals surface area contributed by atoms with Gasteiger partial charge in [-0.3, -0.25) is 4.79 Å². The van der Waals surface area contributed by atoms with Crippen LogP contribution in [0.4, 0.5) is 0 Å². The van der Waals surface area contributed by atoms with Crippen molar-refractivity contribution in [2.24, 2.45) is 5.92 Å². The topological polar surface area (TPSA) is 35.5 Å². The Bertz CT molecular complexity index is 615. The third-order valence-electron chi connectivity index (χ3n) is 3.15. The van der Waals surface area contributed by atoms with Crippen molar-refractivity contribution in [3.8, 4) is 11.5 Å². The maximum absolute atomic E-state index is 12.0. The molecule has 0 radical (unpaired) electrons.